The predicted octanol–water partition coefficient (Wildman–Crippen LogP) is 4.09. The first-order valence-electron chi connectivity index (χ1n) is 10.6. The minimum absolute atomic E-state index is 0.0670. The molecule has 7 nitrogen and oxygen atoms in total. The van der Waals surface area contributed by atoms with Gasteiger partial charge in [0.15, 0.2) is 0 Å². The van der Waals surface area contributed by atoms with Crippen LogP contribution in [0.4, 0.5) is 5.69 Å². The minimum Gasteiger partial charge on any atom is -0.357 e. The summed E-state index contributed by atoms with van der Waals surface area (Å²) in [4.78, 5) is 27.2. The summed E-state index contributed by atoms with van der Waals surface area (Å²) in [5.41, 5.74) is 1.20. The number of carbonyl (C=O) groups is 2. The number of rotatable bonds is 11. The van der Waals surface area contributed by atoms with E-state index in [1.807, 2.05) is 6.92 Å². The minimum atomic E-state index is -3.52. The number of halogens is 2. The van der Waals surface area contributed by atoms with Crippen LogP contribution >= 0.6 is 23.2 Å². The number of amides is 2. The molecule has 1 N–H and O–H groups in total. The highest BCUT2D eigenvalue weighted by Crippen LogP contribution is 2.24. The van der Waals surface area contributed by atoms with Gasteiger partial charge in [-0.1, -0.05) is 54.4 Å². The molecule has 33 heavy (non-hydrogen) atoms. The van der Waals surface area contributed by atoms with Crippen LogP contribution in [-0.4, -0.2) is 51.0 Å². The molecule has 10 heteroatoms. The van der Waals surface area contributed by atoms with E-state index in [9.17, 15) is 18.0 Å². The average Bonchev–Trinajstić information content (AvgIpc) is 2.77. The fraction of sp³-hybridized carbons (Fsp3) is 0.391. The number of hydrogen-bond donors (Lipinski definition) is 1. The lowest BCUT2D eigenvalue weighted by Gasteiger charge is -2.31. The molecule has 0 aliphatic carbocycles. The number of likely N-dealkylation sites (N-methyl/N-ethyl adjacent to an activating group) is 1. The molecule has 2 aromatic carbocycles. The molecule has 0 aliphatic heterocycles. The second-order valence-corrected chi connectivity index (χ2v) is 10.3. The zero-order chi connectivity index (χ0) is 24.6. The smallest absolute Gasteiger partial charge is 0.242 e. The molecule has 0 heterocycles. The summed E-state index contributed by atoms with van der Waals surface area (Å²) in [6.07, 6.45) is 1.90. The highest BCUT2D eigenvalue weighted by Gasteiger charge is 2.28. The van der Waals surface area contributed by atoms with Crippen molar-refractivity contribution in [3.05, 3.63) is 64.1 Å². The Bertz CT molecular complexity index is 1060. The summed E-state index contributed by atoms with van der Waals surface area (Å²) in [7, 11) is -2.00. The zero-order valence-electron chi connectivity index (χ0n) is 18.9. The standard InChI is InChI=1S/C23H29Cl2N3O4S/c1-4-21(23(30)26-2)27(16-17-12-13-18(24)15-20(17)25)22(29)11-8-14-28(33(3,31)32)19-9-6-5-7-10-19/h5-7,9-10,12-13,15,21H,4,8,11,14,16H2,1-3H3,(H,26,30). The number of benzene rings is 2. The van der Waals surface area contributed by atoms with Crippen molar-refractivity contribution in [3.8, 4) is 0 Å². The van der Waals surface area contributed by atoms with Crippen LogP contribution < -0.4 is 9.62 Å². The van der Waals surface area contributed by atoms with Crippen LogP contribution in [0.2, 0.25) is 10.0 Å². The van der Waals surface area contributed by atoms with Gasteiger partial charge in [0.25, 0.3) is 0 Å². The topological polar surface area (TPSA) is 86.8 Å². The number of nitrogens with zero attached hydrogens (tertiary/aromatic N) is 2. The van der Waals surface area contributed by atoms with Gasteiger partial charge in [0.1, 0.15) is 6.04 Å². The van der Waals surface area contributed by atoms with Crippen LogP contribution in [-0.2, 0) is 26.2 Å². The van der Waals surface area contributed by atoms with Crippen molar-refractivity contribution in [2.24, 2.45) is 0 Å². The lowest BCUT2D eigenvalue weighted by atomic mass is 10.1. The molecule has 0 aromatic heterocycles. The lowest BCUT2D eigenvalue weighted by Crippen LogP contribution is -2.48. The van der Waals surface area contributed by atoms with Gasteiger partial charge in [-0.05, 0) is 42.7 Å². The summed E-state index contributed by atoms with van der Waals surface area (Å²) >= 11 is 12.3. The van der Waals surface area contributed by atoms with E-state index >= 15 is 0 Å². The molecule has 0 fully saturated rings. The first kappa shape index (κ1) is 27.0. The molecular weight excluding hydrogens is 485 g/mol. The molecule has 0 aliphatic rings. The molecule has 0 saturated carbocycles. The third kappa shape index (κ3) is 7.62. The van der Waals surface area contributed by atoms with E-state index in [1.54, 1.807) is 48.5 Å². The largest absolute Gasteiger partial charge is 0.357 e. The van der Waals surface area contributed by atoms with Crippen molar-refractivity contribution in [1.29, 1.82) is 0 Å². The fourth-order valence-electron chi connectivity index (χ4n) is 3.52. The van der Waals surface area contributed by atoms with Gasteiger partial charge in [0, 0.05) is 36.6 Å². The Morgan fingerprint density at radius 3 is 2.30 bits per heavy atom. The van der Waals surface area contributed by atoms with Crippen molar-refractivity contribution in [1.82, 2.24) is 10.2 Å². The number of anilines is 1. The maximum absolute atomic E-state index is 13.2. The predicted molar refractivity (Wildman–Crippen MR) is 133 cm³/mol. The summed E-state index contributed by atoms with van der Waals surface area (Å²) in [5, 5.41) is 3.48. The van der Waals surface area contributed by atoms with E-state index in [4.69, 9.17) is 23.2 Å². The monoisotopic (exact) mass is 513 g/mol. The van der Waals surface area contributed by atoms with Gasteiger partial charge in [-0.25, -0.2) is 8.42 Å². The summed E-state index contributed by atoms with van der Waals surface area (Å²) in [6.45, 7) is 2.10. The normalized spacial score (nSPS) is 12.2. The first-order chi connectivity index (χ1) is 15.6. The van der Waals surface area contributed by atoms with Gasteiger partial charge >= 0.3 is 0 Å². The Labute approximate surface area is 205 Å². The van der Waals surface area contributed by atoms with E-state index in [-0.39, 0.29) is 37.7 Å². The van der Waals surface area contributed by atoms with E-state index < -0.39 is 16.1 Å². The van der Waals surface area contributed by atoms with Crippen molar-refractivity contribution in [2.75, 3.05) is 24.2 Å². The van der Waals surface area contributed by atoms with Gasteiger partial charge < -0.3 is 10.2 Å². The van der Waals surface area contributed by atoms with E-state index in [0.29, 0.717) is 27.7 Å². The Balaban J connectivity index is 2.20. The molecule has 2 aromatic rings. The van der Waals surface area contributed by atoms with E-state index in [1.165, 1.54) is 16.3 Å². The van der Waals surface area contributed by atoms with Crippen molar-refractivity contribution in [3.63, 3.8) is 0 Å². The van der Waals surface area contributed by atoms with Gasteiger partial charge in [-0.2, -0.15) is 0 Å². The van der Waals surface area contributed by atoms with Crippen molar-refractivity contribution < 1.29 is 18.0 Å². The molecule has 0 radical (unpaired) electrons. The number of sulfonamides is 1. The Hall–Kier alpha value is -2.29. The molecule has 2 rings (SSSR count). The van der Waals surface area contributed by atoms with Crippen LogP contribution in [0.5, 0.6) is 0 Å². The van der Waals surface area contributed by atoms with Crippen LogP contribution in [0.3, 0.4) is 0 Å². The highest BCUT2D eigenvalue weighted by molar-refractivity contribution is 7.92. The summed E-state index contributed by atoms with van der Waals surface area (Å²) < 4.78 is 25.8. The third-order valence-electron chi connectivity index (χ3n) is 5.18. The van der Waals surface area contributed by atoms with Gasteiger partial charge in [-0.3, -0.25) is 13.9 Å². The van der Waals surface area contributed by atoms with E-state index in [2.05, 4.69) is 5.32 Å². The van der Waals surface area contributed by atoms with Crippen LogP contribution in [0.15, 0.2) is 48.5 Å². The molecule has 0 bridgehead atoms. The van der Waals surface area contributed by atoms with Crippen LogP contribution in [0.25, 0.3) is 0 Å². The SMILES string of the molecule is CCC(C(=O)NC)N(Cc1ccc(Cl)cc1Cl)C(=O)CCCN(c1ccccc1)S(C)(=O)=O. The molecule has 0 saturated heterocycles. The second kappa shape index (κ2) is 12.3. The third-order valence-corrected chi connectivity index (χ3v) is 6.97. The second-order valence-electron chi connectivity index (χ2n) is 7.57. The quantitative estimate of drug-likeness (QED) is 0.490. The number of para-hydroxylation sites is 1. The molecule has 1 unspecified atom stereocenters. The Morgan fingerprint density at radius 1 is 1.09 bits per heavy atom. The van der Waals surface area contributed by atoms with Crippen molar-refractivity contribution >= 4 is 50.7 Å². The van der Waals surface area contributed by atoms with E-state index in [0.717, 1.165) is 6.26 Å². The Kier molecular flexibility index (Phi) is 10.0. The Morgan fingerprint density at radius 2 is 1.76 bits per heavy atom. The maximum atomic E-state index is 13.2. The summed E-state index contributed by atoms with van der Waals surface area (Å²) in [5.74, 6) is -0.545. The molecule has 180 valence electrons. The van der Waals surface area contributed by atoms with Crippen LogP contribution in [0, 0.1) is 0 Å². The molecule has 2 amide bonds. The zero-order valence-corrected chi connectivity index (χ0v) is 21.3. The lowest BCUT2D eigenvalue weighted by molar-refractivity contribution is -0.141. The van der Waals surface area contributed by atoms with Gasteiger partial charge in [0.2, 0.25) is 21.8 Å². The summed E-state index contributed by atoms with van der Waals surface area (Å²) in [6, 6.07) is 13.0. The van der Waals surface area contributed by atoms with Crippen molar-refractivity contribution in [2.45, 2.75) is 38.8 Å². The fourth-order valence-corrected chi connectivity index (χ4v) is 4.95. The highest BCUT2D eigenvalue weighted by atomic mass is 35.5. The number of hydrogen-bond acceptors (Lipinski definition) is 4. The first-order valence-corrected chi connectivity index (χ1v) is 13.2. The van der Waals surface area contributed by atoms with Gasteiger partial charge in [-0.15, -0.1) is 0 Å². The average molecular weight is 514 g/mol. The van der Waals surface area contributed by atoms with Gasteiger partial charge in [0.05, 0.1) is 11.9 Å². The molecule has 0 spiro atoms. The number of carbonyl (C=O) groups excluding carboxylic acids is 2. The van der Waals surface area contributed by atoms with Crippen LogP contribution in [0.1, 0.15) is 31.7 Å². The molecule has 1 atom stereocenters. The molecular formula is C23H29Cl2N3O4S. The maximum Gasteiger partial charge on any atom is 0.242 e. The number of nitrogens with one attached hydrogen (secondary N) is 1.